The maximum Gasteiger partial charge on any atom is 0.295 e. The van der Waals surface area contributed by atoms with Crippen LogP contribution in [0.2, 0.25) is 0 Å². The maximum absolute atomic E-state index is 12.0. The van der Waals surface area contributed by atoms with E-state index in [1.807, 2.05) is 6.92 Å². The van der Waals surface area contributed by atoms with Gasteiger partial charge < -0.3 is 5.32 Å². The van der Waals surface area contributed by atoms with Crippen LogP contribution in [-0.2, 0) is 6.42 Å². The molecule has 0 unspecified atom stereocenters. The molecule has 2 rings (SSSR count). The Morgan fingerprint density at radius 2 is 2.29 bits per heavy atom. The van der Waals surface area contributed by atoms with Gasteiger partial charge in [0.25, 0.3) is 11.6 Å². The Morgan fingerprint density at radius 3 is 2.95 bits per heavy atom. The third-order valence-corrected chi connectivity index (χ3v) is 3.12. The van der Waals surface area contributed by atoms with Gasteiger partial charge in [-0.05, 0) is 18.6 Å². The Morgan fingerprint density at radius 1 is 1.52 bits per heavy atom. The molecule has 0 aliphatic rings. The number of hydrogen-bond donors (Lipinski definition) is 2. The minimum Gasteiger partial charge on any atom is -0.313 e. The Balaban J connectivity index is 2.20. The first-order valence-corrected chi connectivity index (χ1v) is 6.97. The highest BCUT2D eigenvalue weighted by molar-refractivity contribution is 9.10. The number of rotatable bonds is 5. The van der Waals surface area contributed by atoms with Crippen molar-refractivity contribution in [1.29, 1.82) is 0 Å². The van der Waals surface area contributed by atoms with Gasteiger partial charge >= 0.3 is 0 Å². The lowest BCUT2D eigenvalue weighted by atomic mass is 10.2. The highest BCUT2D eigenvalue weighted by Gasteiger charge is 2.19. The third kappa shape index (κ3) is 3.63. The number of H-pyrrole nitrogens is 1. The lowest BCUT2D eigenvalue weighted by Crippen LogP contribution is -2.15. The first kappa shape index (κ1) is 15.1. The number of amides is 1. The molecule has 0 radical (unpaired) electrons. The number of benzene rings is 1. The van der Waals surface area contributed by atoms with Crippen molar-refractivity contribution in [3.8, 4) is 0 Å². The molecule has 8 nitrogen and oxygen atoms in total. The molecule has 2 N–H and O–H groups in total. The van der Waals surface area contributed by atoms with E-state index in [9.17, 15) is 14.9 Å². The van der Waals surface area contributed by atoms with Crippen LogP contribution in [0.15, 0.2) is 22.7 Å². The molecule has 0 aliphatic carbocycles. The Bertz CT molecular complexity index is 685. The molecule has 1 amide bonds. The molecule has 110 valence electrons. The molecular formula is C12H12BrN5O3. The first-order valence-electron chi connectivity index (χ1n) is 6.17. The Kier molecular flexibility index (Phi) is 4.63. The number of carbonyl (C=O) groups is 1. The minimum atomic E-state index is -0.598. The van der Waals surface area contributed by atoms with Crippen LogP contribution >= 0.6 is 15.9 Å². The molecule has 0 saturated carbocycles. The fourth-order valence-corrected chi connectivity index (χ4v) is 2.03. The molecule has 2 aromatic rings. The molecule has 1 heterocycles. The molecule has 0 saturated heterocycles. The van der Waals surface area contributed by atoms with Crippen LogP contribution in [0.3, 0.4) is 0 Å². The molecule has 0 bridgehead atoms. The fraction of sp³-hybridized carbons (Fsp3) is 0.250. The summed E-state index contributed by atoms with van der Waals surface area (Å²) in [4.78, 5) is 26.4. The van der Waals surface area contributed by atoms with Crippen molar-refractivity contribution in [3.63, 3.8) is 0 Å². The van der Waals surface area contributed by atoms with Crippen molar-refractivity contribution in [2.45, 2.75) is 19.8 Å². The summed E-state index contributed by atoms with van der Waals surface area (Å²) in [6, 6.07) is 4.36. The standard InChI is InChI=1S/C12H12BrN5O3/c1-2-3-10-15-11(17-16-10)12(19)14-8-5-4-7(13)6-9(8)18(20)21/h4-6H,2-3H2,1H3,(H,14,19)(H,15,16,17). The van der Waals surface area contributed by atoms with E-state index in [1.54, 1.807) is 6.07 Å². The van der Waals surface area contributed by atoms with E-state index in [-0.39, 0.29) is 17.2 Å². The van der Waals surface area contributed by atoms with Gasteiger partial charge in [-0.2, -0.15) is 0 Å². The van der Waals surface area contributed by atoms with E-state index in [2.05, 4.69) is 36.4 Å². The summed E-state index contributed by atoms with van der Waals surface area (Å²) in [6.07, 6.45) is 1.55. The topological polar surface area (TPSA) is 114 Å². The normalized spacial score (nSPS) is 10.4. The summed E-state index contributed by atoms with van der Waals surface area (Å²) in [7, 11) is 0. The Labute approximate surface area is 128 Å². The number of hydrogen-bond acceptors (Lipinski definition) is 5. The molecule has 1 aromatic heterocycles. The summed E-state index contributed by atoms with van der Waals surface area (Å²) in [5, 5.41) is 19.9. The molecule has 9 heteroatoms. The van der Waals surface area contributed by atoms with Crippen LogP contribution in [0.4, 0.5) is 11.4 Å². The zero-order chi connectivity index (χ0) is 15.4. The van der Waals surface area contributed by atoms with Crippen molar-refractivity contribution in [3.05, 3.63) is 44.4 Å². The monoisotopic (exact) mass is 353 g/mol. The smallest absolute Gasteiger partial charge is 0.295 e. The molecule has 0 atom stereocenters. The van der Waals surface area contributed by atoms with E-state index >= 15 is 0 Å². The summed E-state index contributed by atoms with van der Waals surface area (Å²) >= 11 is 3.15. The zero-order valence-electron chi connectivity index (χ0n) is 11.1. The molecule has 1 aromatic carbocycles. The minimum absolute atomic E-state index is 0.0457. The average Bonchev–Trinajstić information content (AvgIpc) is 2.89. The summed E-state index contributed by atoms with van der Waals surface area (Å²) in [5.41, 5.74) is -0.114. The predicted octanol–water partition coefficient (Wildman–Crippen LogP) is 2.68. The van der Waals surface area contributed by atoms with Crippen LogP contribution in [0.25, 0.3) is 0 Å². The number of nitro groups is 1. The van der Waals surface area contributed by atoms with Crippen LogP contribution in [0.5, 0.6) is 0 Å². The van der Waals surface area contributed by atoms with Crippen molar-refractivity contribution >= 4 is 33.2 Å². The van der Waals surface area contributed by atoms with E-state index < -0.39 is 10.8 Å². The second kappa shape index (κ2) is 6.44. The lowest BCUT2D eigenvalue weighted by molar-refractivity contribution is -0.384. The molecule has 0 spiro atoms. The molecule has 0 fully saturated rings. The second-order valence-electron chi connectivity index (χ2n) is 4.23. The van der Waals surface area contributed by atoms with Crippen LogP contribution in [0, 0.1) is 10.1 Å². The van der Waals surface area contributed by atoms with Crippen molar-refractivity contribution in [1.82, 2.24) is 15.2 Å². The zero-order valence-corrected chi connectivity index (χ0v) is 12.7. The highest BCUT2D eigenvalue weighted by Crippen LogP contribution is 2.28. The van der Waals surface area contributed by atoms with E-state index in [4.69, 9.17) is 0 Å². The summed E-state index contributed by atoms with van der Waals surface area (Å²) < 4.78 is 0.551. The SMILES string of the molecule is CCCc1nc(C(=O)Nc2ccc(Br)cc2[N+](=O)[O-])n[nH]1. The maximum atomic E-state index is 12.0. The van der Waals surface area contributed by atoms with Crippen molar-refractivity contribution in [2.24, 2.45) is 0 Å². The van der Waals surface area contributed by atoms with Crippen molar-refractivity contribution in [2.75, 3.05) is 5.32 Å². The lowest BCUT2D eigenvalue weighted by Gasteiger charge is -2.04. The van der Waals surface area contributed by atoms with E-state index in [1.165, 1.54) is 12.1 Å². The highest BCUT2D eigenvalue weighted by atomic mass is 79.9. The van der Waals surface area contributed by atoms with Gasteiger partial charge in [0.05, 0.1) is 4.92 Å². The van der Waals surface area contributed by atoms with Gasteiger partial charge in [-0.1, -0.05) is 22.9 Å². The summed E-state index contributed by atoms with van der Waals surface area (Å²) in [5.74, 6) is -0.0392. The number of anilines is 1. The van der Waals surface area contributed by atoms with Gasteiger partial charge in [0, 0.05) is 17.0 Å². The predicted molar refractivity (Wildman–Crippen MR) is 79.1 cm³/mol. The largest absolute Gasteiger partial charge is 0.313 e. The number of nitrogens with one attached hydrogen (secondary N) is 2. The third-order valence-electron chi connectivity index (χ3n) is 2.63. The van der Waals surface area contributed by atoms with Gasteiger partial charge in [0.15, 0.2) is 0 Å². The number of aryl methyl sites for hydroxylation is 1. The number of nitro benzene ring substituents is 1. The molecule has 21 heavy (non-hydrogen) atoms. The molecule has 0 aliphatic heterocycles. The van der Waals surface area contributed by atoms with Gasteiger partial charge in [-0.25, -0.2) is 4.98 Å². The number of nitrogens with zero attached hydrogens (tertiary/aromatic N) is 3. The van der Waals surface area contributed by atoms with Gasteiger partial charge in [-0.15, -0.1) is 5.10 Å². The van der Waals surface area contributed by atoms with Crippen LogP contribution in [0.1, 0.15) is 29.8 Å². The van der Waals surface area contributed by atoms with Gasteiger partial charge in [0.2, 0.25) is 5.82 Å². The van der Waals surface area contributed by atoms with Crippen LogP contribution < -0.4 is 5.32 Å². The Hall–Kier alpha value is -2.29. The van der Waals surface area contributed by atoms with Gasteiger partial charge in [-0.3, -0.25) is 20.0 Å². The van der Waals surface area contributed by atoms with Gasteiger partial charge in [0.1, 0.15) is 11.5 Å². The van der Waals surface area contributed by atoms with Crippen LogP contribution in [-0.4, -0.2) is 26.0 Å². The number of aromatic nitrogens is 3. The number of aromatic amines is 1. The van der Waals surface area contributed by atoms with Crippen molar-refractivity contribution < 1.29 is 9.72 Å². The fourth-order valence-electron chi connectivity index (χ4n) is 1.69. The molecular weight excluding hydrogens is 342 g/mol. The number of carbonyl (C=O) groups excluding carboxylic acids is 1. The second-order valence-corrected chi connectivity index (χ2v) is 5.14. The average molecular weight is 354 g/mol. The first-order chi connectivity index (χ1) is 10.0. The summed E-state index contributed by atoms with van der Waals surface area (Å²) in [6.45, 7) is 1.98. The van der Waals surface area contributed by atoms with E-state index in [0.29, 0.717) is 16.7 Å². The quantitative estimate of drug-likeness (QED) is 0.633. The number of halogens is 1. The van der Waals surface area contributed by atoms with E-state index in [0.717, 1.165) is 6.42 Å².